The van der Waals surface area contributed by atoms with Gasteiger partial charge in [0.05, 0.1) is 11.9 Å². The van der Waals surface area contributed by atoms with Crippen molar-refractivity contribution in [3.05, 3.63) is 54.4 Å². The maximum atomic E-state index is 11.6. The van der Waals surface area contributed by atoms with Gasteiger partial charge in [0.25, 0.3) is 5.91 Å². The predicted molar refractivity (Wildman–Crippen MR) is 73.9 cm³/mol. The van der Waals surface area contributed by atoms with Gasteiger partial charge in [0.15, 0.2) is 0 Å². The van der Waals surface area contributed by atoms with Crippen LogP contribution in [0.1, 0.15) is 10.4 Å². The smallest absolute Gasteiger partial charge is 0.322 e. The molecule has 0 unspecified atom stereocenters. The Labute approximate surface area is 115 Å². The lowest BCUT2D eigenvalue weighted by molar-refractivity contribution is -0.135. The molecule has 0 saturated heterocycles. The third-order valence-corrected chi connectivity index (χ3v) is 2.50. The molecule has 2 aromatic rings. The first-order valence-corrected chi connectivity index (χ1v) is 5.92. The van der Waals surface area contributed by atoms with Crippen molar-refractivity contribution in [2.45, 2.75) is 0 Å². The van der Waals surface area contributed by atoms with Gasteiger partial charge < -0.3 is 15.7 Å². The number of carbonyl (C=O) groups excluding carboxylic acids is 1. The van der Waals surface area contributed by atoms with Crippen molar-refractivity contribution in [2.24, 2.45) is 0 Å². The molecule has 6 nitrogen and oxygen atoms in total. The zero-order valence-corrected chi connectivity index (χ0v) is 10.5. The molecule has 102 valence electrons. The summed E-state index contributed by atoms with van der Waals surface area (Å²) < 4.78 is 0. The number of benzene rings is 1. The molecule has 0 fully saturated rings. The van der Waals surface area contributed by atoms with E-state index in [0.29, 0.717) is 5.56 Å². The summed E-state index contributed by atoms with van der Waals surface area (Å²) in [6.45, 7) is -0.394. The minimum atomic E-state index is -1.08. The van der Waals surface area contributed by atoms with E-state index in [1.165, 1.54) is 0 Å². The normalized spacial score (nSPS) is 9.80. The molecule has 1 aromatic heterocycles. The van der Waals surface area contributed by atoms with Gasteiger partial charge in [-0.1, -0.05) is 0 Å². The van der Waals surface area contributed by atoms with Gasteiger partial charge in [0, 0.05) is 17.4 Å². The van der Waals surface area contributed by atoms with Crippen LogP contribution in [0.5, 0.6) is 0 Å². The molecule has 2 rings (SSSR count). The van der Waals surface area contributed by atoms with Crippen LogP contribution in [0.15, 0.2) is 48.8 Å². The number of carboxylic acid groups (broad SMARTS) is 1. The van der Waals surface area contributed by atoms with E-state index in [4.69, 9.17) is 5.11 Å². The number of aliphatic carboxylic acids is 1. The molecule has 1 heterocycles. The molecule has 0 spiro atoms. The van der Waals surface area contributed by atoms with Crippen LogP contribution in [0.4, 0.5) is 11.4 Å². The second-order valence-corrected chi connectivity index (χ2v) is 4.02. The summed E-state index contributed by atoms with van der Waals surface area (Å²) in [7, 11) is 0. The lowest BCUT2D eigenvalue weighted by Crippen LogP contribution is -2.29. The number of pyridine rings is 1. The third kappa shape index (κ3) is 3.81. The number of nitrogens with zero attached hydrogens (tertiary/aromatic N) is 1. The van der Waals surface area contributed by atoms with Crippen LogP contribution in [0.2, 0.25) is 0 Å². The molecule has 1 amide bonds. The first-order chi connectivity index (χ1) is 9.65. The SMILES string of the molecule is O=C(O)CNC(=O)c1ccc(Nc2cccnc2)cc1. The monoisotopic (exact) mass is 271 g/mol. The van der Waals surface area contributed by atoms with E-state index in [0.717, 1.165) is 11.4 Å². The molecule has 0 saturated carbocycles. The highest BCUT2D eigenvalue weighted by atomic mass is 16.4. The quantitative estimate of drug-likeness (QED) is 0.769. The van der Waals surface area contributed by atoms with E-state index < -0.39 is 18.4 Å². The number of nitrogens with one attached hydrogen (secondary N) is 2. The molecule has 0 aliphatic heterocycles. The van der Waals surface area contributed by atoms with E-state index in [1.54, 1.807) is 36.7 Å². The molecule has 20 heavy (non-hydrogen) atoms. The minimum Gasteiger partial charge on any atom is -0.480 e. The topological polar surface area (TPSA) is 91.3 Å². The maximum absolute atomic E-state index is 11.6. The van der Waals surface area contributed by atoms with Crippen LogP contribution in [0, 0.1) is 0 Å². The second-order valence-electron chi connectivity index (χ2n) is 4.02. The van der Waals surface area contributed by atoms with E-state index in [1.807, 2.05) is 12.1 Å². The van der Waals surface area contributed by atoms with Crippen LogP contribution in [0.3, 0.4) is 0 Å². The lowest BCUT2D eigenvalue weighted by atomic mass is 10.2. The third-order valence-electron chi connectivity index (χ3n) is 2.50. The van der Waals surface area contributed by atoms with Crippen molar-refractivity contribution in [1.29, 1.82) is 0 Å². The fourth-order valence-corrected chi connectivity index (χ4v) is 1.57. The van der Waals surface area contributed by atoms with Gasteiger partial charge >= 0.3 is 5.97 Å². The summed E-state index contributed by atoms with van der Waals surface area (Å²) in [6.07, 6.45) is 3.37. The summed E-state index contributed by atoms with van der Waals surface area (Å²) in [6, 6.07) is 10.4. The molecule has 0 radical (unpaired) electrons. The van der Waals surface area contributed by atoms with Gasteiger partial charge in [0.1, 0.15) is 6.54 Å². The first kappa shape index (κ1) is 13.5. The fourth-order valence-electron chi connectivity index (χ4n) is 1.57. The molecule has 0 aliphatic carbocycles. The standard InChI is InChI=1S/C14H13N3O3/c18-13(19)9-16-14(20)10-3-5-11(6-4-10)17-12-2-1-7-15-8-12/h1-8,17H,9H2,(H,16,20)(H,18,19). The average Bonchev–Trinajstić information content (AvgIpc) is 2.46. The number of hydrogen-bond donors (Lipinski definition) is 3. The molecule has 0 aliphatic rings. The number of aromatic nitrogens is 1. The number of hydrogen-bond acceptors (Lipinski definition) is 4. The highest BCUT2D eigenvalue weighted by Gasteiger charge is 2.06. The molecular weight excluding hydrogens is 258 g/mol. The molecule has 0 bridgehead atoms. The summed E-state index contributed by atoms with van der Waals surface area (Å²) in [4.78, 5) is 26.0. The Balaban J connectivity index is 1.99. The van der Waals surface area contributed by atoms with Gasteiger partial charge in [0.2, 0.25) is 0 Å². The van der Waals surface area contributed by atoms with E-state index >= 15 is 0 Å². The molecule has 0 atom stereocenters. The van der Waals surface area contributed by atoms with Crippen molar-refractivity contribution >= 4 is 23.3 Å². The molecule has 6 heteroatoms. The number of anilines is 2. The van der Waals surface area contributed by atoms with Crippen LogP contribution in [-0.2, 0) is 4.79 Å². The highest BCUT2D eigenvalue weighted by Crippen LogP contribution is 2.15. The van der Waals surface area contributed by atoms with Gasteiger partial charge in [-0.25, -0.2) is 0 Å². The van der Waals surface area contributed by atoms with E-state index in [2.05, 4.69) is 15.6 Å². The summed E-state index contributed by atoms with van der Waals surface area (Å²) in [5.74, 6) is -1.49. The molecule has 1 aromatic carbocycles. The first-order valence-electron chi connectivity index (χ1n) is 5.92. The van der Waals surface area contributed by atoms with Crippen molar-refractivity contribution in [3.8, 4) is 0 Å². The number of rotatable bonds is 5. The Morgan fingerprint density at radius 3 is 2.45 bits per heavy atom. The largest absolute Gasteiger partial charge is 0.480 e. The summed E-state index contributed by atoms with van der Waals surface area (Å²) in [5, 5.41) is 13.9. The second kappa shape index (κ2) is 6.33. The van der Waals surface area contributed by atoms with Gasteiger partial charge in [-0.3, -0.25) is 14.6 Å². The maximum Gasteiger partial charge on any atom is 0.322 e. The number of carbonyl (C=O) groups is 2. The number of carboxylic acids is 1. The minimum absolute atomic E-state index is 0.394. The predicted octanol–water partition coefficient (Wildman–Crippen LogP) is 1.64. The molecular formula is C14H13N3O3. The van der Waals surface area contributed by atoms with Crippen LogP contribution < -0.4 is 10.6 Å². The Morgan fingerprint density at radius 2 is 1.85 bits per heavy atom. The average molecular weight is 271 g/mol. The Hall–Kier alpha value is -2.89. The summed E-state index contributed by atoms with van der Waals surface area (Å²) in [5.41, 5.74) is 2.06. The van der Waals surface area contributed by atoms with Crippen molar-refractivity contribution in [1.82, 2.24) is 10.3 Å². The van der Waals surface area contributed by atoms with Gasteiger partial charge in [-0.2, -0.15) is 0 Å². The lowest BCUT2D eigenvalue weighted by Gasteiger charge is -2.07. The van der Waals surface area contributed by atoms with E-state index in [9.17, 15) is 9.59 Å². The zero-order valence-electron chi connectivity index (χ0n) is 10.5. The van der Waals surface area contributed by atoms with Crippen LogP contribution in [0.25, 0.3) is 0 Å². The summed E-state index contributed by atoms with van der Waals surface area (Å²) >= 11 is 0. The van der Waals surface area contributed by atoms with Gasteiger partial charge in [-0.05, 0) is 36.4 Å². The zero-order chi connectivity index (χ0) is 14.4. The van der Waals surface area contributed by atoms with Crippen molar-refractivity contribution < 1.29 is 14.7 Å². The highest BCUT2D eigenvalue weighted by molar-refractivity contribution is 5.96. The van der Waals surface area contributed by atoms with Crippen LogP contribution >= 0.6 is 0 Å². The number of amides is 1. The molecule has 3 N–H and O–H groups in total. The van der Waals surface area contributed by atoms with E-state index in [-0.39, 0.29) is 0 Å². The Bertz CT molecular complexity index is 597. The van der Waals surface area contributed by atoms with Gasteiger partial charge in [-0.15, -0.1) is 0 Å². The Kier molecular flexibility index (Phi) is 4.28. The Morgan fingerprint density at radius 1 is 1.10 bits per heavy atom. The van der Waals surface area contributed by atoms with Crippen molar-refractivity contribution in [3.63, 3.8) is 0 Å². The fraction of sp³-hybridized carbons (Fsp3) is 0.0714. The van der Waals surface area contributed by atoms with Crippen molar-refractivity contribution in [2.75, 3.05) is 11.9 Å². The van der Waals surface area contributed by atoms with Crippen LogP contribution in [-0.4, -0.2) is 28.5 Å².